The topological polar surface area (TPSA) is 50.4 Å². The molecule has 2 aromatic carbocycles. The number of carbonyl (C=O) groups is 1. The van der Waals surface area contributed by atoms with Gasteiger partial charge in [-0.1, -0.05) is 24.3 Å². The predicted octanol–water partition coefficient (Wildman–Crippen LogP) is 4.04. The van der Waals surface area contributed by atoms with E-state index in [2.05, 4.69) is 15.4 Å². The van der Waals surface area contributed by atoms with Gasteiger partial charge in [0.05, 0.1) is 12.1 Å². The number of para-hydroxylation sites is 1. The van der Waals surface area contributed by atoms with E-state index in [1.54, 1.807) is 6.07 Å². The van der Waals surface area contributed by atoms with E-state index in [-0.39, 0.29) is 24.5 Å². The van der Waals surface area contributed by atoms with E-state index in [0.29, 0.717) is 5.56 Å². The predicted molar refractivity (Wildman–Crippen MR) is 84.9 cm³/mol. The molecule has 0 atom stereocenters. The maximum atomic E-state index is 12.6. The lowest BCUT2D eigenvalue weighted by atomic mass is 10.2. The zero-order valence-electron chi connectivity index (χ0n) is 13.3. The molecule has 0 saturated heterocycles. The van der Waals surface area contributed by atoms with Gasteiger partial charge >= 0.3 is 12.8 Å². The molecular weight excluding hydrogens is 359 g/mol. The molecule has 9 heteroatoms. The van der Waals surface area contributed by atoms with Crippen LogP contribution in [0, 0.1) is 0 Å². The van der Waals surface area contributed by atoms with E-state index in [0.717, 1.165) is 12.1 Å². The number of benzene rings is 2. The minimum atomic E-state index is -4.48. The average Bonchev–Trinajstić information content (AvgIpc) is 2.58. The molecule has 0 spiro atoms. The van der Waals surface area contributed by atoms with Crippen molar-refractivity contribution in [3.05, 3.63) is 59.7 Å². The quantitative estimate of drug-likeness (QED) is 0.720. The van der Waals surface area contributed by atoms with Crippen molar-refractivity contribution in [3.8, 4) is 5.75 Å². The Balaban J connectivity index is 1.89. The summed E-state index contributed by atoms with van der Waals surface area (Å²) >= 11 is 0. The van der Waals surface area contributed by atoms with E-state index >= 15 is 0 Å². The number of anilines is 1. The van der Waals surface area contributed by atoms with E-state index < -0.39 is 24.3 Å². The number of alkyl halides is 5. The van der Waals surface area contributed by atoms with E-state index in [9.17, 15) is 26.7 Å². The standard InChI is InChI=1S/C17H15F5N2O2/c18-16(19)26-14-7-2-1-4-11(14)9-24-15(25)10-23-13-6-3-5-12(8-13)17(20,21)22/h1-8,16,23H,9-10H2,(H,24,25). The van der Waals surface area contributed by atoms with E-state index in [1.165, 1.54) is 30.3 Å². The summed E-state index contributed by atoms with van der Waals surface area (Å²) in [5, 5.41) is 5.06. The Kier molecular flexibility index (Phi) is 6.37. The first-order valence-corrected chi connectivity index (χ1v) is 7.46. The van der Waals surface area contributed by atoms with Crippen molar-refractivity contribution in [3.63, 3.8) is 0 Å². The van der Waals surface area contributed by atoms with Crippen LogP contribution in [0.4, 0.5) is 27.6 Å². The molecule has 2 rings (SSSR count). The Labute approximate surface area is 146 Å². The molecule has 140 valence electrons. The first-order chi connectivity index (χ1) is 12.3. The highest BCUT2D eigenvalue weighted by atomic mass is 19.4. The minimum Gasteiger partial charge on any atom is -0.434 e. The molecule has 0 unspecified atom stereocenters. The number of hydrogen-bond acceptors (Lipinski definition) is 3. The highest BCUT2D eigenvalue weighted by Crippen LogP contribution is 2.30. The van der Waals surface area contributed by atoms with Gasteiger partial charge in [0, 0.05) is 17.8 Å². The first kappa shape index (κ1) is 19.5. The lowest BCUT2D eigenvalue weighted by Crippen LogP contribution is -2.29. The molecule has 0 radical (unpaired) electrons. The van der Waals surface area contributed by atoms with Crippen molar-refractivity contribution < 1.29 is 31.5 Å². The summed E-state index contributed by atoms with van der Waals surface area (Å²) in [5.74, 6) is -0.581. The van der Waals surface area contributed by atoms with Gasteiger partial charge in [0.15, 0.2) is 0 Å². The van der Waals surface area contributed by atoms with Crippen LogP contribution in [0.2, 0.25) is 0 Å². The van der Waals surface area contributed by atoms with Crippen molar-refractivity contribution >= 4 is 11.6 Å². The van der Waals surface area contributed by atoms with E-state index in [4.69, 9.17) is 0 Å². The normalized spacial score (nSPS) is 11.3. The van der Waals surface area contributed by atoms with Gasteiger partial charge in [-0.25, -0.2) is 0 Å². The van der Waals surface area contributed by atoms with Gasteiger partial charge in [0.2, 0.25) is 5.91 Å². The maximum absolute atomic E-state index is 12.6. The number of rotatable bonds is 7. The minimum absolute atomic E-state index is 0.0614. The number of carbonyl (C=O) groups excluding carboxylic acids is 1. The van der Waals surface area contributed by atoms with Crippen LogP contribution in [0.5, 0.6) is 5.75 Å². The van der Waals surface area contributed by atoms with Crippen LogP contribution < -0.4 is 15.4 Å². The molecule has 0 aliphatic rings. The third-order valence-corrected chi connectivity index (χ3v) is 3.31. The highest BCUT2D eigenvalue weighted by molar-refractivity contribution is 5.80. The van der Waals surface area contributed by atoms with Crippen molar-refractivity contribution in [2.24, 2.45) is 0 Å². The monoisotopic (exact) mass is 374 g/mol. The third kappa shape index (κ3) is 5.91. The van der Waals surface area contributed by atoms with Crippen LogP contribution in [0.3, 0.4) is 0 Å². The Morgan fingerprint density at radius 2 is 1.81 bits per heavy atom. The molecule has 0 aromatic heterocycles. The molecule has 0 bridgehead atoms. The summed E-state index contributed by atoms with van der Waals surface area (Å²) in [6.07, 6.45) is -4.48. The molecule has 4 nitrogen and oxygen atoms in total. The molecule has 0 saturated carbocycles. The second-order valence-corrected chi connectivity index (χ2v) is 5.20. The maximum Gasteiger partial charge on any atom is 0.416 e. The van der Waals surface area contributed by atoms with Gasteiger partial charge in [-0.15, -0.1) is 0 Å². The number of halogens is 5. The fourth-order valence-corrected chi connectivity index (χ4v) is 2.10. The van der Waals surface area contributed by atoms with Crippen molar-refractivity contribution in [1.29, 1.82) is 0 Å². The Bertz CT molecular complexity index is 750. The Morgan fingerprint density at radius 3 is 2.50 bits per heavy atom. The van der Waals surface area contributed by atoms with Gasteiger partial charge < -0.3 is 15.4 Å². The molecule has 26 heavy (non-hydrogen) atoms. The summed E-state index contributed by atoms with van der Waals surface area (Å²) in [4.78, 5) is 11.8. The molecule has 0 aliphatic heterocycles. The second kappa shape index (κ2) is 8.50. The number of hydrogen-bond donors (Lipinski definition) is 2. The lowest BCUT2D eigenvalue weighted by Gasteiger charge is -2.12. The van der Waals surface area contributed by atoms with Crippen LogP contribution >= 0.6 is 0 Å². The number of amides is 1. The Hall–Kier alpha value is -2.84. The number of nitrogens with one attached hydrogen (secondary N) is 2. The fourth-order valence-electron chi connectivity index (χ4n) is 2.10. The molecule has 2 N–H and O–H groups in total. The highest BCUT2D eigenvalue weighted by Gasteiger charge is 2.30. The van der Waals surface area contributed by atoms with Gasteiger partial charge in [0.1, 0.15) is 5.75 Å². The molecular formula is C17H15F5N2O2. The molecule has 0 aliphatic carbocycles. The van der Waals surface area contributed by atoms with Crippen molar-refractivity contribution in [2.45, 2.75) is 19.3 Å². The van der Waals surface area contributed by atoms with Gasteiger partial charge in [0.25, 0.3) is 0 Å². The molecule has 0 fully saturated rings. The summed E-state index contributed by atoms with van der Waals surface area (Å²) in [6.45, 7) is -3.33. The van der Waals surface area contributed by atoms with Crippen LogP contribution in [0.1, 0.15) is 11.1 Å². The molecule has 1 amide bonds. The largest absolute Gasteiger partial charge is 0.434 e. The third-order valence-electron chi connectivity index (χ3n) is 3.31. The van der Waals surface area contributed by atoms with Crippen molar-refractivity contribution in [1.82, 2.24) is 5.32 Å². The van der Waals surface area contributed by atoms with Crippen LogP contribution in [0.25, 0.3) is 0 Å². The number of ether oxygens (including phenoxy) is 1. The SMILES string of the molecule is O=C(CNc1cccc(C(F)(F)F)c1)NCc1ccccc1OC(F)F. The van der Waals surface area contributed by atoms with Crippen LogP contribution in [-0.2, 0) is 17.5 Å². The zero-order chi connectivity index (χ0) is 19.2. The Morgan fingerprint density at radius 1 is 1.08 bits per heavy atom. The summed E-state index contributed by atoms with van der Waals surface area (Å²) in [6, 6.07) is 10.4. The smallest absolute Gasteiger partial charge is 0.416 e. The van der Waals surface area contributed by atoms with Crippen LogP contribution in [-0.4, -0.2) is 19.1 Å². The first-order valence-electron chi connectivity index (χ1n) is 7.46. The van der Waals surface area contributed by atoms with Gasteiger partial charge in [-0.2, -0.15) is 22.0 Å². The zero-order valence-corrected chi connectivity index (χ0v) is 13.3. The van der Waals surface area contributed by atoms with Crippen LogP contribution in [0.15, 0.2) is 48.5 Å². The summed E-state index contributed by atoms with van der Waals surface area (Å²) in [5.41, 5.74) is -0.349. The van der Waals surface area contributed by atoms with E-state index in [1.807, 2.05) is 0 Å². The summed E-state index contributed by atoms with van der Waals surface area (Å²) < 4.78 is 66.9. The van der Waals surface area contributed by atoms with Gasteiger partial charge in [-0.3, -0.25) is 4.79 Å². The summed E-state index contributed by atoms with van der Waals surface area (Å²) in [7, 11) is 0. The second-order valence-electron chi connectivity index (χ2n) is 5.20. The average molecular weight is 374 g/mol. The molecule has 2 aromatic rings. The fraction of sp³-hybridized carbons (Fsp3) is 0.235. The lowest BCUT2D eigenvalue weighted by molar-refractivity contribution is -0.137. The van der Waals surface area contributed by atoms with Crippen molar-refractivity contribution in [2.75, 3.05) is 11.9 Å². The molecule has 0 heterocycles. The van der Waals surface area contributed by atoms with Gasteiger partial charge in [-0.05, 0) is 24.3 Å².